The van der Waals surface area contributed by atoms with Crippen LogP contribution >= 0.6 is 0 Å². The summed E-state index contributed by atoms with van der Waals surface area (Å²) in [5.41, 5.74) is 0. The molecule has 1 atom stereocenters. The van der Waals surface area contributed by atoms with E-state index in [2.05, 4.69) is 30.5 Å². The molecule has 0 aliphatic carbocycles. The van der Waals surface area contributed by atoms with Gasteiger partial charge in [0.2, 0.25) is 17.8 Å². The van der Waals surface area contributed by atoms with Gasteiger partial charge in [-0.1, -0.05) is 0 Å². The predicted molar refractivity (Wildman–Crippen MR) is 85.0 cm³/mol. The van der Waals surface area contributed by atoms with Crippen LogP contribution in [-0.2, 0) is 4.74 Å². The summed E-state index contributed by atoms with van der Waals surface area (Å²) in [6.07, 6.45) is 2.53. The van der Waals surface area contributed by atoms with Gasteiger partial charge in [0.25, 0.3) is 0 Å². The third kappa shape index (κ3) is 4.70. The van der Waals surface area contributed by atoms with Crippen molar-refractivity contribution in [3.8, 4) is 0 Å². The molecule has 7 heteroatoms. The predicted octanol–water partition coefficient (Wildman–Crippen LogP) is 1.74. The molecule has 1 fully saturated rings. The Morgan fingerprint density at radius 3 is 2.38 bits per heavy atom. The van der Waals surface area contributed by atoms with Crippen LogP contribution in [0.3, 0.4) is 0 Å². The summed E-state index contributed by atoms with van der Waals surface area (Å²) in [4.78, 5) is 15.6. The average Bonchev–Trinajstić information content (AvgIpc) is 3.00. The maximum atomic E-state index is 5.51. The lowest BCUT2D eigenvalue weighted by Crippen LogP contribution is -2.24. The molecule has 0 saturated carbocycles. The number of aromatic nitrogens is 3. The number of ether oxygens (including phenoxy) is 1. The third-order valence-corrected chi connectivity index (χ3v) is 3.35. The molecule has 0 aromatic carbocycles. The molecule has 1 saturated heterocycles. The van der Waals surface area contributed by atoms with E-state index in [4.69, 9.17) is 4.74 Å². The molecule has 1 unspecified atom stereocenters. The summed E-state index contributed by atoms with van der Waals surface area (Å²) >= 11 is 0. The SMILES string of the molecule is CCNc1nc(NCC(C)OCC)nc(N2CCCC2)n1. The summed E-state index contributed by atoms with van der Waals surface area (Å²) in [6, 6.07) is 0. The monoisotopic (exact) mass is 294 g/mol. The molecule has 1 aromatic heterocycles. The minimum Gasteiger partial charge on any atom is -0.377 e. The molecule has 21 heavy (non-hydrogen) atoms. The van der Waals surface area contributed by atoms with Crippen molar-refractivity contribution in [2.45, 2.75) is 39.7 Å². The Bertz CT molecular complexity index is 435. The van der Waals surface area contributed by atoms with Crippen molar-refractivity contribution in [3.05, 3.63) is 0 Å². The van der Waals surface area contributed by atoms with Crippen LogP contribution in [0.4, 0.5) is 17.8 Å². The van der Waals surface area contributed by atoms with Gasteiger partial charge in [0, 0.05) is 32.8 Å². The van der Waals surface area contributed by atoms with Crippen molar-refractivity contribution < 1.29 is 4.74 Å². The van der Waals surface area contributed by atoms with E-state index >= 15 is 0 Å². The molecule has 1 aromatic rings. The first-order valence-electron chi connectivity index (χ1n) is 7.83. The lowest BCUT2D eigenvalue weighted by molar-refractivity contribution is 0.0854. The second-order valence-corrected chi connectivity index (χ2v) is 5.15. The summed E-state index contributed by atoms with van der Waals surface area (Å²) in [5, 5.41) is 6.40. The molecular weight excluding hydrogens is 268 g/mol. The highest BCUT2D eigenvalue weighted by atomic mass is 16.5. The molecule has 2 N–H and O–H groups in total. The second-order valence-electron chi connectivity index (χ2n) is 5.15. The van der Waals surface area contributed by atoms with Crippen molar-refractivity contribution in [3.63, 3.8) is 0 Å². The zero-order valence-corrected chi connectivity index (χ0v) is 13.2. The molecule has 2 rings (SSSR count). The van der Waals surface area contributed by atoms with Gasteiger partial charge in [0.15, 0.2) is 0 Å². The van der Waals surface area contributed by atoms with Crippen LogP contribution in [0.15, 0.2) is 0 Å². The van der Waals surface area contributed by atoms with Gasteiger partial charge in [-0.05, 0) is 33.6 Å². The molecule has 2 heterocycles. The Labute approximate surface area is 126 Å². The van der Waals surface area contributed by atoms with Gasteiger partial charge in [-0.15, -0.1) is 0 Å². The quantitative estimate of drug-likeness (QED) is 0.756. The zero-order chi connectivity index (χ0) is 15.1. The summed E-state index contributed by atoms with van der Waals surface area (Å²) < 4.78 is 5.51. The van der Waals surface area contributed by atoms with Gasteiger partial charge in [0.1, 0.15) is 0 Å². The van der Waals surface area contributed by atoms with Gasteiger partial charge in [-0.3, -0.25) is 0 Å². The van der Waals surface area contributed by atoms with Crippen LogP contribution in [0.5, 0.6) is 0 Å². The highest BCUT2D eigenvalue weighted by Gasteiger charge is 2.17. The Hall–Kier alpha value is -1.63. The fraction of sp³-hybridized carbons (Fsp3) is 0.786. The molecule has 118 valence electrons. The van der Waals surface area contributed by atoms with Crippen LogP contribution < -0.4 is 15.5 Å². The lowest BCUT2D eigenvalue weighted by atomic mass is 10.4. The molecule has 7 nitrogen and oxygen atoms in total. The lowest BCUT2D eigenvalue weighted by Gasteiger charge is -2.18. The highest BCUT2D eigenvalue weighted by Crippen LogP contribution is 2.18. The van der Waals surface area contributed by atoms with Crippen LogP contribution in [-0.4, -0.2) is 53.8 Å². The van der Waals surface area contributed by atoms with E-state index in [-0.39, 0.29) is 6.10 Å². The molecule has 0 amide bonds. The summed E-state index contributed by atoms with van der Waals surface area (Å²) in [7, 11) is 0. The topological polar surface area (TPSA) is 75.2 Å². The maximum absolute atomic E-state index is 5.51. The number of hydrogen-bond acceptors (Lipinski definition) is 7. The smallest absolute Gasteiger partial charge is 0.231 e. The molecule has 0 bridgehead atoms. The van der Waals surface area contributed by atoms with E-state index in [1.165, 1.54) is 12.8 Å². The average molecular weight is 294 g/mol. The van der Waals surface area contributed by atoms with Crippen molar-refractivity contribution in [1.82, 2.24) is 15.0 Å². The molecule has 1 aliphatic heterocycles. The first kappa shape index (κ1) is 15.8. The number of rotatable bonds is 8. The van der Waals surface area contributed by atoms with Crippen LogP contribution in [0.1, 0.15) is 33.6 Å². The van der Waals surface area contributed by atoms with E-state index in [9.17, 15) is 0 Å². The summed E-state index contributed by atoms with van der Waals surface area (Å²) in [5.74, 6) is 1.99. The van der Waals surface area contributed by atoms with Crippen molar-refractivity contribution in [2.24, 2.45) is 0 Å². The largest absolute Gasteiger partial charge is 0.377 e. The Morgan fingerprint density at radius 2 is 1.76 bits per heavy atom. The van der Waals surface area contributed by atoms with Crippen LogP contribution in [0.2, 0.25) is 0 Å². The normalized spacial score (nSPS) is 16.0. The van der Waals surface area contributed by atoms with E-state index in [1.807, 2.05) is 20.8 Å². The fourth-order valence-electron chi connectivity index (χ4n) is 2.32. The number of nitrogens with zero attached hydrogens (tertiary/aromatic N) is 4. The molecule has 1 aliphatic rings. The third-order valence-electron chi connectivity index (χ3n) is 3.35. The van der Waals surface area contributed by atoms with E-state index in [1.54, 1.807) is 0 Å². The van der Waals surface area contributed by atoms with Crippen molar-refractivity contribution in [2.75, 3.05) is 48.3 Å². The Balaban J connectivity index is 2.07. The van der Waals surface area contributed by atoms with Gasteiger partial charge in [0.05, 0.1) is 6.10 Å². The Morgan fingerprint density at radius 1 is 1.10 bits per heavy atom. The molecule has 0 radical (unpaired) electrons. The van der Waals surface area contributed by atoms with E-state index in [0.717, 1.165) is 25.6 Å². The van der Waals surface area contributed by atoms with Crippen LogP contribution in [0.25, 0.3) is 0 Å². The Kier molecular flexibility index (Phi) is 5.98. The minimum atomic E-state index is 0.129. The minimum absolute atomic E-state index is 0.129. The molecule has 0 spiro atoms. The van der Waals surface area contributed by atoms with Crippen molar-refractivity contribution in [1.29, 1.82) is 0 Å². The first-order chi connectivity index (χ1) is 10.2. The number of anilines is 3. The van der Waals surface area contributed by atoms with Gasteiger partial charge in [-0.2, -0.15) is 15.0 Å². The molecular formula is C14H26N6O. The van der Waals surface area contributed by atoms with Crippen LogP contribution in [0, 0.1) is 0 Å². The van der Waals surface area contributed by atoms with E-state index < -0.39 is 0 Å². The summed E-state index contributed by atoms with van der Waals surface area (Å²) in [6.45, 7) is 10.3. The van der Waals surface area contributed by atoms with E-state index in [0.29, 0.717) is 25.0 Å². The standard InChI is InChI=1S/C14H26N6O/c1-4-15-12-17-13(16-10-11(3)21-5-2)19-14(18-12)20-8-6-7-9-20/h11H,4-10H2,1-3H3,(H2,15,16,17,18,19). The number of hydrogen-bond donors (Lipinski definition) is 2. The highest BCUT2D eigenvalue weighted by molar-refractivity contribution is 5.44. The van der Waals surface area contributed by atoms with Gasteiger partial charge >= 0.3 is 0 Å². The number of nitrogens with one attached hydrogen (secondary N) is 2. The van der Waals surface area contributed by atoms with Gasteiger partial charge in [-0.25, -0.2) is 0 Å². The maximum Gasteiger partial charge on any atom is 0.231 e. The zero-order valence-electron chi connectivity index (χ0n) is 13.2. The second kappa shape index (κ2) is 7.97. The first-order valence-corrected chi connectivity index (χ1v) is 7.83. The van der Waals surface area contributed by atoms with Crippen molar-refractivity contribution >= 4 is 17.8 Å². The van der Waals surface area contributed by atoms with Gasteiger partial charge < -0.3 is 20.3 Å². The fourth-order valence-corrected chi connectivity index (χ4v) is 2.32.